The number of aliphatic hydroxyl groups is 1. The van der Waals surface area contributed by atoms with Crippen LogP contribution in [-0.2, 0) is 0 Å². The van der Waals surface area contributed by atoms with E-state index in [1.54, 1.807) is 18.2 Å². The highest BCUT2D eigenvalue weighted by atomic mass is 35.5. The number of nitrogens with one attached hydrogen (secondary N) is 1. The normalized spacial score (nSPS) is 13.3. The van der Waals surface area contributed by atoms with E-state index < -0.39 is 6.10 Å². The van der Waals surface area contributed by atoms with E-state index in [9.17, 15) is 5.11 Å². The van der Waals surface area contributed by atoms with Crippen LogP contribution in [0.2, 0.25) is 10.0 Å². The van der Waals surface area contributed by atoms with Crippen molar-refractivity contribution in [3.63, 3.8) is 0 Å². The molecule has 1 aromatic rings. The third-order valence-corrected chi connectivity index (χ3v) is 3.81. The third-order valence-electron chi connectivity index (χ3n) is 3.27. The molecule has 0 saturated heterocycles. The summed E-state index contributed by atoms with van der Waals surface area (Å²) in [7, 11) is 0. The second kappa shape index (κ2) is 8.08. The minimum Gasteiger partial charge on any atom is -0.489 e. The Morgan fingerprint density at radius 3 is 2.70 bits per heavy atom. The Bertz CT molecular complexity index is 424. The minimum atomic E-state index is -0.585. The zero-order chi connectivity index (χ0) is 15.2. The highest BCUT2D eigenvalue weighted by Gasteiger charge is 2.15. The molecule has 114 valence electrons. The van der Waals surface area contributed by atoms with Gasteiger partial charge in [0.25, 0.3) is 0 Å². The fourth-order valence-corrected chi connectivity index (χ4v) is 1.87. The maximum atomic E-state index is 9.88. The summed E-state index contributed by atoms with van der Waals surface area (Å²) < 4.78 is 5.48. The molecule has 0 amide bonds. The van der Waals surface area contributed by atoms with Crippen molar-refractivity contribution in [3.05, 3.63) is 28.2 Å². The molecule has 0 aliphatic carbocycles. The lowest BCUT2D eigenvalue weighted by Gasteiger charge is -2.24. The second-order valence-electron chi connectivity index (χ2n) is 5.69. The van der Waals surface area contributed by atoms with Gasteiger partial charge in [0.05, 0.1) is 5.02 Å². The molecular formula is C15H23Cl2NO2. The molecule has 1 atom stereocenters. The average Bonchev–Trinajstić information content (AvgIpc) is 2.39. The van der Waals surface area contributed by atoms with Gasteiger partial charge in [-0.1, -0.05) is 44.0 Å². The summed E-state index contributed by atoms with van der Waals surface area (Å²) in [4.78, 5) is 0. The number of hydrogen-bond donors (Lipinski definition) is 2. The molecule has 0 radical (unpaired) electrons. The van der Waals surface area contributed by atoms with Gasteiger partial charge in [-0.2, -0.15) is 0 Å². The zero-order valence-electron chi connectivity index (χ0n) is 12.2. The topological polar surface area (TPSA) is 41.5 Å². The maximum absolute atomic E-state index is 9.88. The molecule has 0 aromatic heterocycles. The molecule has 5 heteroatoms. The molecule has 20 heavy (non-hydrogen) atoms. The molecule has 0 bridgehead atoms. The Labute approximate surface area is 131 Å². The van der Waals surface area contributed by atoms with E-state index in [4.69, 9.17) is 27.9 Å². The van der Waals surface area contributed by atoms with Gasteiger partial charge in [-0.3, -0.25) is 0 Å². The average molecular weight is 320 g/mol. The van der Waals surface area contributed by atoms with Crippen molar-refractivity contribution in [2.24, 2.45) is 5.41 Å². The highest BCUT2D eigenvalue weighted by molar-refractivity contribution is 6.34. The molecule has 1 unspecified atom stereocenters. The largest absolute Gasteiger partial charge is 0.489 e. The molecule has 0 heterocycles. The van der Waals surface area contributed by atoms with Gasteiger partial charge >= 0.3 is 0 Å². The van der Waals surface area contributed by atoms with Crippen molar-refractivity contribution in [2.75, 3.05) is 19.7 Å². The minimum absolute atomic E-state index is 0.180. The van der Waals surface area contributed by atoms with E-state index in [-0.39, 0.29) is 12.0 Å². The first kappa shape index (κ1) is 17.6. The number of hydrogen-bond acceptors (Lipinski definition) is 3. The van der Waals surface area contributed by atoms with E-state index in [1.165, 1.54) is 0 Å². The summed E-state index contributed by atoms with van der Waals surface area (Å²) in [5.41, 5.74) is 0.233. The fraction of sp³-hybridized carbons (Fsp3) is 0.600. The summed E-state index contributed by atoms with van der Waals surface area (Å²) in [6.45, 7) is 8.06. The van der Waals surface area contributed by atoms with Gasteiger partial charge in [-0.25, -0.2) is 0 Å². The Morgan fingerprint density at radius 1 is 1.35 bits per heavy atom. The first-order valence-electron chi connectivity index (χ1n) is 6.80. The molecule has 0 aliphatic heterocycles. The van der Waals surface area contributed by atoms with Crippen LogP contribution < -0.4 is 10.1 Å². The van der Waals surface area contributed by atoms with Gasteiger partial charge in [0.2, 0.25) is 0 Å². The summed E-state index contributed by atoms with van der Waals surface area (Å²) in [6, 6.07) is 5.01. The maximum Gasteiger partial charge on any atom is 0.139 e. The van der Waals surface area contributed by atoms with E-state index in [1.807, 2.05) is 0 Å². The molecule has 0 spiro atoms. The Hall–Kier alpha value is -0.480. The molecule has 0 aliphatic rings. The van der Waals surface area contributed by atoms with Gasteiger partial charge in [0.1, 0.15) is 18.5 Å². The van der Waals surface area contributed by atoms with Crippen LogP contribution in [0.25, 0.3) is 0 Å². The van der Waals surface area contributed by atoms with Crippen molar-refractivity contribution < 1.29 is 9.84 Å². The SMILES string of the molecule is CCC(C)(C)CNCC(O)COc1cc(Cl)ccc1Cl. The van der Waals surface area contributed by atoms with Gasteiger partial charge in [0, 0.05) is 24.2 Å². The summed E-state index contributed by atoms with van der Waals surface area (Å²) in [6.07, 6.45) is 0.503. The second-order valence-corrected chi connectivity index (χ2v) is 6.53. The zero-order valence-corrected chi connectivity index (χ0v) is 13.8. The lowest BCUT2D eigenvalue weighted by Crippen LogP contribution is -2.36. The van der Waals surface area contributed by atoms with Crippen LogP contribution in [0.4, 0.5) is 0 Å². The molecule has 3 nitrogen and oxygen atoms in total. The molecule has 1 aromatic carbocycles. The van der Waals surface area contributed by atoms with Crippen molar-refractivity contribution in [3.8, 4) is 5.75 Å². The number of rotatable bonds is 8. The number of halogens is 2. The lowest BCUT2D eigenvalue weighted by molar-refractivity contribution is 0.103. The Morgan fingerprint density at radius 2 is 2.05 bits per heavy atom. The predicted molar refractivity (Wildman–Crippen MR) is 84.9 cm³/mol. The van der Waals surface area contributed by atoms with E-state index in [0.29, 0.717) is 22.3 Å². The molecule has 0 fully saturated rings. The van der Waals surface area contributed by atoms with Crippen LogP contribution in [0.15, 0.2) is 18.2 Å². The Kier molecular flexibility index (Phi) is 7.10. The smallest absolute Gasteiger partial charge is 0.139 e. The standard InChI is InChI=1S/C15H23Cl2NO2/c1-4-15(2,3)10-18-8-12(19)9-20-14-7-11(16)5-6-13(14)17/h5-7,12,18-19H,4,8-10H2,1-3H3. The van der Waals surface area contributed by atoms with Crippen LogP contribution in [0.1, 0.15) is 27.2 Å². The van der Waals surface area contributed by atoms with Crippen molar-refractivity contribution >= 4 is 23.2 Å². The Balaban J connectivity index is 2.33. The van der Waals surface area contributed by atoms with Crippen molar-refractivity contribution in [2.45, 2.75) is 33.3 Å². The number of ether oxygens (including phenoxy) is 1. The van der Waals surface area contributed by atoms with Crippen LogP contribution >= 0.6 is 23.2 Å². The number of benzene rings is 1. The van der Waals surface area contributed by atoms with Gasteiger partial charge in [0.15, 0.2) is 0 Å². The van der Waals surface area contributed by atoms with E-state index in [2.05, 4.69) is 26.1 Å². The lowest BCUT2D eigenvalue weighted by atomic mass is 9.90. The van der Waals surface area contributed by atoms with E-state index in [0.717, 1.165) is 13.0 Å². The predicted octanol–water partition coefficient (Wildman–Crippen LogP) is 3.76. The molecule has 1 rings (SSSR count). The van der Waals surface area contributed by atoms with Crippen LogP contribution in [0.3, 0.4) is 0 Å². The first-order chi connectivity index (χ1) is 9.34. The first-order valence-corrected chi connectivity index (χ1v) is 7.56. The third kappa shape index (κ3) is 6.31. The van der Waals surface area contributed by atoms with Gasteiger partial charge < -0.3 is 15.2 Å². The van der Waals surface area contributed by atoms with E-state index >= 15 is 0 Å². The van der Waals surface area contributed by atoms with Crippen molar-refractivity contribution in [1.29, 1.82) is 0 Å². The van der Waals surface area contributed by atoms with Crippen molar-refractivity contribution in [1.82, 2.24) is 5.32 Å². The van der Waals surface area contributed by atoms with Gasteiger partial charge in [-0.15, -0.1) is 0 Å². The molecular weight excluding hydrogens is 297 g/mol. The van der Waals surface area contributed by atoms with Gasteiger partial charge in [-0.05, 0) is 24.0 Å². The summed E-state index contributed by atoms with van der Waals surface area (Å²) >= 11 is 11.9. The highest BCUT2D eigenvalue weighted by Crippen LogP contribution is 2.27. The molecule has 0 saturated carbocycles. The number of aliphatic hydroxyl groups excluding tert-OH is 1. The van der Waals surface area contributed by atoms with Crippen LogP contribution in [0.5, 0.6) is 5.75 Å². The monoisotopic (exact) mass is 319 g/mol. The fourth-order valence-electron chi connectivity index (χ4n) is 1.53. The molecule has 2 N–H and O–H groups in total. The quantitative estimate of drug-likeness (QED) is 0.766. The summed E-state index contributed by atoms with van der Waals surface area (Å²) in [5.74, 6) is 0.493. The van der Waals surface area contributed by atoms with Crippen LogP contribution in [-0.4, -0.2) is 30.9 Å². The van der Waals surface area contributed by atoms with Crippen LogP contribution in [0, 0.1) is 5.41 Å². The summed E-state index contributed by atoms with van der Waals surface area (Å²) in [5, 5.41) is 14.2.